The van der Waals surface area contributed by atoms with Gasteiger partial charge in [0.2, 0.25) is 5.78 Å². The highest BCUT2D eigenvalue weighted by Gasteiger charge is 2.34. The summed E-state index contributed by atoms with van der Waals surface area (Å²) in [5.74, 6) is 2.37. The molecule has 2 aliphatic rings. The molecule has 7 nitrogen and oxygen atoms in total. The average molecular weight is 482 g/mol. The molecule has 2 aromatic carbocycles. The third-order valence-corrected chi connectivity index (χ3v) is 6.88. The van der Waals surface area contributed by atoms with Crippen LogP contribution in [0.15, 0.2) is 60.7 Å². The molecule has 0 radical (unpaired) electrons. The molecule has 0 saturated carbocycles. The van der Waals surface area contributed by atoms with Crippen LogP contribution in [0.4, 0.5) is 0 Å². The predicted octanol–water partition coefficient (Wildman–Crippen LogP) is 5.34. The van der Waals surface area contributed by atoms with Gasteiger partial charge in [-0.3, -0.25) is 14.7 Å². The van der Waals surface area contributed by atoms with Gasteiger partial charge in [-0.15, -0.1) is 0 Å². The van der Waals surface area contributed by atoms with Gasteiger partial charge >= 0.3 is 0 Å². The number of rotatable bonds is 5. The number of aryl methyl sites for hydroxylation is 1. The van der Waals surface area contributed by atoms with Crippen LogP contribution in [-0.2, 0) is 19.6 Å². The van der Waals surface area contributed by atoms with Gasteiger partial charge in [0.05, 0.1) is 12.7 Å². The van der Waals surface area contributed by atoms with Gasteiger partial charge < -0.3 is 18.8 Å². The van der Waals surface area contributed by atoms with E-state index in [2.05, 4.69) is 27.4 Å². The minimum absolute atomic E-state index is 0.111. The Kier molecular flexibility index (Phi) is 5.49. The Morgan fingerprint density at radius 1 is 1.19 bits per heavy atom. The molecule has 0 spiro atoms. The first-order valence-corrected chi connectivity index (χ1v) is 12.1. The molecular weight excluding hydrogens is 454 g/mol. The summed E-state index contributed by atoms with van der Waals surface area (Å²) in [7, 11) is 1.65. The largest absolute Gasteiger partial charge is 0.497 e. The number of hydrogen-bond donors (Lipinski definition) is 0. The Hall–Kier alpha value is -4.10. The number of ketones is 1. The van der Waals surface area contributed by atoms with Crippen LogP contribution in [0, 0.1) is 6.92 Å². The fraction of sp³-hybridized carbons (Fsp3) is 0.241. The molecule has 7 heteroatoms. The summed E-state index contributed by atoms with van der Waals surface area (Å²) in [5.41, 5.74) is 5.56. The summed E-state index contributed by atoms with van der Waals surface area (Å²) in [6.45, 7) is 6.76. The molecule has 182 valence electrons. The van der Waals surface area contributed by atoms with Crippen molar-refractivity contribution in [3.8, 4) is 17.2 Å². The summed E-state index contributed by atoms with van der Waals surface area (Å²) in [6.07, 6.45) is 7.52. The van der Waals surface area contributed by atoms with Crippen molar-refractivity contribution < 1.29 is 19.0 Å². The lowest BCUT2D eigenvalue weighted by molar-refractivity contribution is 0.0876. The number of aromatic nitrogens is 2. The lowest BCUT2D eigenvalue weighted by Crippen LogP contribution is -2.32. The number of carbonyl (C=O) groups is 1. The number of hydrogen-bond acceptors (Lipinski definition) is 6. The van der Waals surface area contributed by atoms with Crippen molar-refractivity contribution >= 4 is 22.8 Å². The monoisotopic (exact) mass is 481 g/mol. The maximum atomic E-state index is 13.5. The van der Waals surface area contributed by atoms with Crippen LogP contribution < -0.4 is 14.2 Å². The van der Waals surface area contributed by atoms with E-state index in [0.29, 0.717) is 30.3 Å². The molecule has 0 N–H and O–H groups in total. The van der Waals surface area contributed by atoms with E-state index in [-0.39, 0.29) is 5.78 Å². The van der Waals surface area contributed by atoms with Gasteiger partial charge in [-0.05, 0) is 55.8 Å². The standard InChI is InChI=1S/C29H27N3O4/c1-4-32-16-20(23-12-22(34-3)7-8-25(23)32)11-26-27(33)24-10-21-15-31(14-19-6-5-9-30-13-19)17-35-28(21)18(2)29(24)36-26/h5-13,16H,4,14-15,17H2,1-3H3/b26-11-. The number of Topliss-reactive ketones (excluding diaryl/α,β-unsaturated/α-hetero) is 1. The molecule has 2 aromatic heterocycles. The van der Waals surface area contributed by atoms with Gasteiger partial charge in [-0.2, -0.15) is 0 Å². The fourth-order valence-electron chi connectivity index (χ4n) is 5.10. The van der Waals surface area contributed by atoms with E-state index in [1.807, 2.05) is 55.7 Å². The third-order valence-electron chi connectivity index (χ3n) is 6.88. The van der Waals surface area contributed by atoms with E-state index in [1.165, 1.54) is 0 Å². The van der Waals surface area contributed by atoms with Crippen LogP contribution in [0.3, 0.4) is 0 Å². The van der Waals surface area contributed by atoms with Crippen LogP contribution in [0.1, 0.15) is 39.5 Å². The second-order valence-corrected chi connectivity index (χ2v) is 9.18. The van der Waals surface area contributed by atoms with E-state index in [0.717, 1.165) is 57.7 Å². The maximum Gasteiger partial charge on any atom is 0.231 e. The van der Waals surface area contributed by atoms with Crippen molar-refractivity contribution in [2.75, 3.05) is 13.8 Å². The minimum Gasteiger partial charge on any atom is -0.497 e. The first-order valence-electron chi connectivity index (χ1n) is 12.1. The van der Waals surface area contributed by atoms with Crippen molar-refractivity contribution in [3.05, 3.63) is 88.6 Å². The summed E-state index contributed by atoms with van der Waals surface area (Å²) >= 11 is 0. The summed E-state index contributed by atoms with van der Waals surface area (Å²) < 4.78 is 19.9. The minimum atomic E-state index is -0.111. The van der Waals surface area contributed by atoms with Gasteiger partial charge in [-0.1, -0.05) is 6.07 Å². The SMILES string of the molecule is CCn1cc(/C=C2\Oc3c(cc4c(c3C)OCN(Cc3cccnc3)C4)C2=O)c2cc(OC)ccc21. The molecule has 0 aliphatic carbocycles. The third kappa shape index (κ3) is 3.72. The van der Waals surface area contributed by atoms with Crippen LogP contribution in [0.25, 0.3) is 17.0 Å². The maximum absolute atomic E-state index is 13.5. The number of pyridine rings is 1. The number of carbonyl (C=O) groups excluding carboxylic acids is 1. The Balaban J connectivity index is 1.33. The van der Waals surface area contributed by atoms with Crippen molar-refractivity contribution in [1.29, 1.82) is 0 Å². The smallest absolute Gasteiger partial charge is 0.231 e. The van der Waals surface area contributed by atoms with Crippen molar-refractivity contribution in [2.24, 2.45) is 0 Å². The average Bonchev–Trinajstić information content (AvgIpc) is 3.41. The lowest BCUT2D eigenvalue weighted by Gasteiger charge is -2.30. The van der Waals surface area contributed by atoms with Crippen LogP contribution in [-0.4, -0.2) is 34.1 Å². The summed E-state index contributed by atoms with van der Waals surface area (Å²) in [5, 5.41) is 1.02. The molecule has 6 rings (SSSR count). The van der Waals surface area contributed by atoms with Crippen LogP contribution >= 0.6 is 0 Å². The first kappa shape index (κ1) is 22.4. The van der Waals surface area contributed by atoms with Gasteiger partial charge in [0.1, 0.15) is 24.0 Å². The molecule has 4 aromatic rings. The lowest BCUT2D eigenvalue weighted by atomic mass is 10.00. The van der Waals surface area contributed by atoms with E-state index in [4.69, 9.17) is 14.2 Å². The van der Waals surface area contributed by atoms with Crippen molar-refractivity contribution in [1.82, 2.24) is 14.5 Å². The predicted molar refractivity (Wildman–Crippen MR) is 137 cm³/mol. The zero-order chi connectivity index (χ0) is 24.8. The Morgan fingerprint density at radius 2 is 2.08 bits per heavy atom. The second-order valence-electron chi connectivity index (χ2n) is 9.18. The van der Waals surface area contributed by atoms with Gasteiger partial charge in [0.25, 0.3) is 0 Å². The van der Waals surface area contributed by atoms with E-state index in [1.54, 1.807) is 13.3 Å². The van der Waals surface area contributed by atoms with Crippen molar-refractivity contribution in [3.63, 3.8) is 0 Å². The Morgan fingerprint density at radius 3 is 2.86 bits per heavy atom. The number of benzene rings is 2. The van der Waals surface area contributed by atoms with Crippen molar-refractivity contribution in [2.45, 2.75) is 33.5 Å². The zero-order valence-electron chi connectivity index (χ0n) is 20.6. The topological polar surface area (TPSA) is 65.8 Å². The molecule has 0 saturated heterocycles. The second kappa shape index (κ2) is 8.84. The van der Waals surface area contributed by atoms with E-state index < -0.39 is 0 Å². The van der Waals surface area contributed by atoms with Crippen LogP contribution in [0.2, 0.25) is 0 Å². The Labute approximate surface area is 209 Å². The van der Waals surface area contributed by atoms with Gasteiger partial charge in [-0.25, -0.2) is 0 Å². The molecule has 0 atom stereocenters. The molecule has 0 bridgehead atoms. The number of nitrogens with zero attached hydrogens (tertiary/aromatic N) is 3. The summed E-state index contributed by atoms with van der Waals surface area (Å²) in [4.78, 5) is 19.8. The molecule has 0 fully saturated rings. The summed E-state index contributed by atoms with van der Waals surface area (Å²) in [6, 6.07) is 11.9. The highest BCUT2D eigenvalue weighted by atomic mass is 16.5. The van der Waals surface area contributed by atoms with E-state index >= 15 is 0 Å². The molecule has 36 heavy (non-hydrogen) atoms. The molecule has 0 amide bonds. The quantitative estimate of drug-likeness (QED) is 0.359. The first-order chi connectivity index (χ1) is 17.6. The number of methoxy groups -OCH3 is 1. The number of fused-ring (bicyclic) bond motifs is 3. The number of ether oxygens (including phenoxy) is 3. The number of allylic oxidation sites excluding steroid dienone is 1. The Bertz CT molecular complexity index is 1520. The molecule has 2 aliphatic heterocycles. The normalized spacial score (nSPS) is 16.1. The fourth-order valence-corrected chi connectivity index (χ4v) is 5.10. The van der Waals surface area contributed by atoms with E-state index in [9.17, 15) is 4.79 Å². The van der Waals surface area contributed by atoms with Gasteiger partial charge in [0, 0.05) is 65.8 Å². The molecule has 0 unspecified atom stereocenters. The zero-order valence-corrected chi connectivity index (χ0v) is 20.6. The van der Waals surface area contributed by atoms with Gasteiger partial charge in [0.15, 0.2) is 5.76 Å². The van der Waals surface area contributed by atoms with Crippen LogP contribution in [0.5, 0.6) is 17.2 Å². The highest BCUT2D eigenvalue weighted by Crippen LogP contribution is 2.43. The highest BCUT2D eigenvalue weighted by molar-refractivity contribution is 6.15. The molecule has 4 heterocycles. The molecular formula is C29H27N3O4.